The SMILES string of the molecule is Fc1ccc2nccc(C3CCC45CCC4NC(c4ccc(Cl)cc4)=C3C5)c2c1. The molecule has 3 aromatic rings. The minimum atomic E-state index is -0.202. The van der Waals surface area contributed by atoms with Gasteiger partial charge in [0.15, 0.2) is 0 Å². The highest BCUT2D eigenvalue weighted by Crippen LogP contribution is 2.60. The molecule has 1 aliphatic heterocycles. The molecule has 1 aromatic heterocycles. The van der Waals surface area contributed by atoms with Crippen molar-refractivity contribution < 1.29 is 4.39 Å². The summed E-state index contributed by atoms with van der Waals surface area (Å²) in [4.78, 5) is 4.47. The first-order valence-electron chi connectivity index (χ1n) is 10.4. The van der Waals surface area contributed by atoms with Gasteiger partial charge in [-0.1, -0.05) is 23.7 Å². The molecule has 2 aromatic carbocycles. The summed E-state index contributed by atoms with van der Waals surface area (Å²) in [6.07, 6.45) is 7.89. The molecule has 0 amide bonds. The molecule has 2 heterocycles. The van der Waals surface area contributed by atoms with E-state index in [9.17, 15) is 4.39 Å². The zero-order valence-electron chi connectivity index (χ0n) is 16.1. The van der Waals surface area contributed by atoms with Crippen LogP contribution in [0.15, 0.2) is 60.3 Å². The fraction of sp³-hybridized carbons (Fsp3) is 0.320. The smallest absolute Gasteiger partial charge is 0.123 e. The molecule has 1 N–H and O–H groups in total. The average molecular weight is 405 g/mol. The van der Waals surface area contributed by atoms with Crippen molar-refractivity contribution in [3.05, 3.63) is 82.3 Å². The first kappa shape index (κ1) is 17.5. The van der Waals surface area contributed by atoms with Crippen molar-refractivity contribution in [2.45, 2.75) is 44.1 Å². The zero-order chi connectivity index (χ0) is 19.6. The molecule has 146 valence electrons. The van der Waals surface area contributed by atoms with Crippen LogP contribution in [0.5, 0.6) is 0 Å². The predicted octanol–water partition coefficient (Wildman–Crippen LogP) is 6.46. The lowest BCUT2D eigenvalue weighted by atomic mass is 9.52. The van der Waals surface area contributed by atoms with Crippen LogP contribution in [0.2, 0.25) is 5.02 Å². The molecule has 2 saturated carbocycles. The second-order valence-electron chi connectivity index (χ2n) is 8.83. The maximum atomic E-state index is 14.1. The molecule has 29 heavy (non-hydrogen) atoms. The Morgan fingerprint density at radius 1 is 1.03 bits per heavy atom. The maximum absolute atomic E-state index is 14.1. The Bertz CT molecular complexity index is 1150. The van der Waals surface area contributed by atoms with Crippen LogP contribution in [0, 0.1) is 11.2 Å². The minimum absolute atomic E-state index is 0.202. The molecular formula is C25H22ClFN2. The monoisotopic (exact) mass is 404 g/mol. The molecular weight excluding hydrogens is 383 g/mol. The molecule has 2 bridgehead atoms. The van der Waals surface area contributed by atoms with Crippen molar-refractivity contribution in [3.63, 3.8) is 0 Å². The van der Waals surface area contributed by atoms with Gasteiger partial charge >= 0.3 is 0 Å². The van der Waals surface area contributed by atoms with E-state index in [1.807, 2.05) is 18.3 Å². The van der Waals surface area contributed by atoms with E-state index in [1.165, 1.54) is 47.7 Å². The van der Waals surface area contributed by atoms with Crippen molar-refractivity contribution in [2.24, 2.45) is 5.41 Å². The zero-order valence-corrected chi connectivity index (χ0v) is 16.8. The van der Waals surface area contributed by atoms with Gasteiger partial charge in [-0.2, -0.15) is 0 Å². The molecule has 4 heteroatoms. The molecule has 2 fully saturated rings. The first-order valence-corrected chi connectivity index (χ1v) is 10.8. The van der Waals surface area contributed by atoms with Crippen molar-refractivity contribution >= 4 is 28.2 Å². The van der Waals surface area contributed by atoms with Gasteiger partial charge in [0, 0.05) is 34.3 Å². The third-order valence-electron chi connectivity index (χ3n) is 7.45. The molecule has 1 spiro atoms. The number of rotatable bonds is 2. The van der Waals surface area contributed by atoms with Gasteiger partial charge in [-0.25, -0.2) is 4.39 Å². The number of hydrogen-bond donors (Lipinski definition) is 1. The van der Waals surface area contributed by atoms with Gasteiger partial charge in [0.1, 0.15) is 5.82 Å². The van der Waals surface area contributed by atoms with Gasteiger partial charge in [0.25, 0.3) is 0 Å². The molecule has 3 aliphatic rings. The van der Waals surface area contributed by atoms with Gasteiger partial charge < -0.3 is 5.32 Å². The molecule has 3 unspecified atom stereocenters. The quantitative estimate of drug-likeness (QED) is 0.530. The maximum Gasteiger partial charge on any atom is 0.123 e. The van der Waals surface area contributed by atoms with E-state index in [-0.39, 0.29) is 11.7 Å². The Hall–Kier alpha value is -2.39. The highest BCUT2D eigenvalue weighted by atomic mass is 35.5. The second-order valence-corrected chi connectivity index (χ2v) is 9.27. The van der Waals surface area contributed by atoms with Crippen LogP contribution in [0.25, 0.3) is 16.6 Å². The molecule has 2 aliphatic carbocycles. The normalized spacial score (nSPS) is 27.9. The lowest BCUT2D eigenvalue weighted by Crippen LogP contribution is -2.57. The van der Waals surface area contributed by atoms with Gasteiger partial charge in [-0.15, -0.1) is 0 Å². The Morgan fingerprint density at radius 3 is 2.66 bits per heavy atom. The van der Waals surface area contributed by atoms with E-state index >= 15 is 0 Å². The third kappa shape index (κ3) is 2.63. The number of aromatic nitrogens is 1. The molecule has 0 radical (unpaired) electrons. The Labute approximate surface area is 174 Å². The highest BCUT2D eigenvalue weighted by molar-refractivity contribution is 6.30. The van der Waals surface area contributed by atoms with Crippen molar-refractivity contribution in [2.75, 3.05) is 0 Å². The lowest BCUT2D eigenvalue weighted by molar-refractivity contribution is 0.0375. The lowest BCUT2D eigenvalue weighted by Gasteiger charge is -2.58. The summed E-state index contributed by atoms with van der Waals surface area (Å²) in [5.74, 6) is 0.0828. The van der Waals surface area contributed by atoms with Gasteiger partial charge in [0.05, 0.1) is 5.52 Å². The van der Waals surface area contributed by atoms with E-state index in [4.69, 9.17) is 11.6 Å². The van der Waals surface area contributed by atoms with E-state index in [2.05, 4.69) is 28.5 Å². The van der Waals surface area contributed by atoms with E-state index in [1.54, 1.807) is 12.1 Å². The average Bonchev–Trinajstić information content (AvgIpc) is 2.73. The molecule has 0 saturated heterocycles. The number of benzene rings is 2. The van der Waals surface area contributed by atoms with Crippen molar-refractivity contribution in [3.8, 4) is 0 Å². The van der Waals surface area contributed by atoms with Gasteiger partial charge in [-0.3, -0.25) is 4.98 Å². The summed E-state index contributed by atoms with van der Waals surface area (Å²) in [6, 6.07) is 15.7. The number of hydrogen-bond acceptors (Lipinski definition) is 2. The second kappa shape index (κ2) is 6.30. The summed E-state index contributed by atoms with van der Waals surface area (Å²) in [6.45, 7) is 0. The summed E-state index contributed by atoms with van der Waals surface area (Å²) in [7, 11) is 0. The van der Waals surface area contributed by atoms with E-state index in [0.717, 1.165) is 28.8 Å². The fourth-order valence-electron chi connectivity index (χ4n) is 5.83. The first-order chi connectivity index (χ1) is 14.1. The topological polar surface area (TPSA) is 24.9 Å². The number of fused-ring (bicyclic) bond motifs is 2. The number of nitrogens with zero attached hydrogens (tertiary/aromatic N) is 1. The molecule has 3 atom stereocenters. The van der Waals surface area contributed by atoms with E-state index < -0.39 is 0 Å². The van der Waals surface area contributed by atoms with Gasteiger partial charge in [-0.05, 0) is 90.6 Å². The van der Waals surface area contributed by atoms with Gasteiger partial charge in [0.2, 0.25) is 0 Å². The van der Waals surface area contributed by atoms with Crippen LogP contribution in [-0.4, -0.2) is 11.0 Å². The Balaban J connectivity index is 1.54. The predicted molar refractivity (Wildman–Crippen MR) is 115 cm³/mol. The van der Waals surface area contributed by atoms with Crippen molar-refractivity contribution in [1.82, 2.24) is 10.3 Å². The van der Waals surface area contributed by atoms with Crippen LogP contribution < -0.4 is 5.32 Å². The summed E-state index contributed by atoms with van der Waals surface area (Å²) < 4.78 is 14.1. The highest BCUT2D eigenvalue weighted by Gasteiger charge is 2.53. The Morgan fingerprint density at radius 2 is 1.86 bits per heavy atom. The summed E-state index contributed by atoms with van der Waals surface area (Å²) >= 11 is 6.14. The van der Waals surface area contributed by atoms with Crippen molar-refractivity contribution in [1.29, 1.82) is 0 Å². The summed E-state index contributed by atoms with van der Waals surface area (Å²) in [5.41, 5.74) is 6.39. The molecule has 2 nitrogen and oxygen atoms in total. The Kier molecular flexibility index (Phi) is 3.80. The van der Waals surface area contributed by atoms with Crippen LogP contribution >= 0.6 is 11.6 Å². The number of allylic oxidation sites excluding steroid dienone is 1. The van der Waals surface area contributed by atoms with Crippen LogP contribution in [0.1, 0.15) is 49.1 Å². The van der Waals surface area contributed by atoms with Crippen LogP contribution in [-0.2, 0) is 0 Å². The minimum Gasteiger partial charge on any atom is -0.381 e. The van der Waals surface area contributed by atoms with Crippen LogP contribution in [0.4, 0.5) is 4.39 Å². The van der Waals surface area contributed by atoms with E-state index in [0.29, 0.717) is 11.5 Å². The standard InChI is InChI=1S/C25H22ClFN2/c26-16-3-1-15(2-4-16)24-21-14-25(11-8-23(25)29-24)10-7-18(21)19-9-12-28-22-6-5-17(27)13-20(19)22/h1-6,9,12-13,18,23,29H,7-8,10-11,14H2. The van der Waals surface area contributed by atoms with Crippen LogP contribution in [0.3, 0.4) is 0 Å². The largest absolute Gasteiger partial charge is 0.381 e. The molecule has 6 rings (SSSR count). The number of nitrogens with one attached hydrogen (secondary N) is 1. The number of halogens is 2. The fourth-order valence-corrected chi connectivity index (χ4v) is 5.96. The summed E-state index contributed by atoms with van der Waals surface area (Å²) in [5, 5.41) is 5.58. The third-order valence-corrected chi connectivity index (χ3v) is 7.70. The number of pyridine rings is 1.